The summed E-state index contributed by atoms with van der Waals surface area (Å²) < 4.78 is 11.8. The molecule has 4 rings (SSSR count). The maximum absolute atomic E-state index is 13.0. The van der Waals surface area contributed by atoms with Crippen molar-refractivity contribution >= 4 is 22.9 Å². The highest BCUT2D eigenvalue weighted by Crippen LogP contribution is 2.41. The number of hydrogen-bond donors (Lipinski definition) is 1. The summed E-state index contributed by atoms with van der Waals surface area (Å²) in [7, 11) is 0. The highest BCUT2D eigenvalue weighted by Gasteiger charge is 2.28. The Kier molecular flexibility index (Phi) is 8.09. The fraction of sp³-hybridized carbons (Fsp3) is 0.552. The number of ether oxygens (including phenoxy) is 2. The molecule has 0 saturated carbocycles. The number of nitrogens with one attached hydrogen (secondary N) is 1. The smallest absolute Gasteiger partial charge is 0.293 e. The number of benzene rings is 1. The van der Waals surface area contributed by atoms with E-state index in [4.69, 9.17) is 16.0 Å². The number of allylic oxidation sites excluding steroid dienone is 3. The van der Waals surface area contributed by atoms with Crippen LogP contribution in [0, 0.1) is 12.0 Å². The molecule has 1 aromatic carbocycles. The molecule has 1 aliphatic carbocycles. The van der Waals surface area contributed by atoms with Gasteiger partial charge in [-0.2, -0.15) is 0 Å². The first kappa shape index (κ1) is 26.3. The van der Waals surface area contributed by atoms with Crippen molar-refractivity contribution in [3.05, 3.63) is 58.7 Å². The second-order valence-corrected chi connectivity index (χ2v) is 11.1. The van der Waals surface area contributed by atoms with Gasteiger partial charge < -0.3 is 19.6 Å². The van der Waals surface area contributed by atoms with Gasteiger partial charge in [0.25, 0.3) is 11.7 Å². The van der Waals surface area contributed by atoms with E-state index in [-0.39, 0.29) is 17.1 Å². The molecule has 0 atom stereocenters. The first-order chi connectivity index (χ1) is 17.2. The van der Waals surface area contributed by atoms with Crippen molar-refractivity contribution in [2.45, 2.75) is 59.0 Å². The number of anilines is 1. The first-order valence-corrected chi connectivity index (χ1v) is 12.9. The SMILES string of the molecule is [C-]#[N+]C1=CCC(C(=O)Nc2ccc(C(C)(C)OCCN3CCOCC3)cc2C2=CCC(C)(C)CC2)=N1. The van der Waals surface area contributed by atoms with Gasteiger partial charge in [-0.25, -0.2) is 0 Å². The largest absolute Gasteiger partial charge is 0.379 e. The van der Waals surface area contributed by atoms with E-state index in [1.807, 2.05) is 12.1 Å². The van der Waals surface area contributed by atoms with Crippen LogP contribution in [-0.4, -0.2) is 56.0 Å². The molecule has 3 aliphatic rings. The molecule has 2 heterocycles. The molecule has 1 fully saturated rings. The minimum absolute atomic E-state index is 0.253. The average Bonchev–Trinajstić information content (AvgIpc) is 3.35. The van der Waals surface area contributed by atoms with Gasteiger partial charge in [0.2, 0.25) is 0 Å². The number of rotatable bonds is 8. The monoisotopic (exact) mass is 490 g/mol. The van der Waals surface area contributed by atoms with Crippen molar-refractivity contribution < 1.29 is 14.3 Å². The molecule has 0 spiro atoms. The van der Waals surface area contributed by atoms with Crippen LogP contribution >= 0.6 is 0 Å². The Morgan fingerprint density at radius 2 is 2.06 bits per heavy atom. The van der Waals surface area contributed by atoms with Crippen LogP contribution in [0.3, 0.4) is 0 Å². The highest BCUT2D eigenvalue weighted by atomic mass is 16.5. The van der Waals surface area contributed by atoms with Gasteiger partial charge in [-0.15, -0.1) is 4.99 Å². The van der Waals surface area contributed by atoms with E-state index in [2.05, 4.69) is 59.9 Å². The number of hydrogen-bond acceptors (Lipinski definition) is 5. The summed E-state index contributed by atoms with van der Waals surface area (Å²) in [5.41, 5.74) is 4.34. The zero-order valence-corrected chi connectivity index (χ0v) is 22.0. The zero-order valence-electron chi connectivity index (χ0n) is 22.0. The highest BCUT2D eigenvalue weighted by molar-refractivity contribution is 6.44. The Bertz CT molecular complexity index is 1120. The average molecular weight is 491 g/mol. The Morgan fingerprint density at radius 3 is 2.72 bits per heavy atom. The third-order valence-electron chi connectivity index (χ3n) is 7.36. The van der Waals surface area contributed by atoms with Crippen molar-refractivity contribution in [3.8, 4) is 0 Å². The van der Waals surface area contributed by atoms with E-state index in [0.717, 1.165) is 68.9 Å². The van der Waals surface area contributed by atoms with Gasteiger partial charge in [0.15, 0.2) is 5.71 Å². The van der Waals surface area contributed by atoms with Crippen LogP contribution in [-0.2, 0) is 19.9 Å². The van der Waals surface area contributed by atoms with Crippen molar-refractivity contribution in [2.75, 3.05) is 44.8 Å². The standard InChI is InChI=1S/C29H38N4O3/c1-28(2)12-10-21(11-13-28)23-20-22(29(3,4)36-19-16-33-14-17-35-18-15-33)6-7-24(23)32-27(34)25-8-9-26(30-5)31-25/h6-7,9-10,20H,8,11-19H2,1-4H3,(H,32,34). The van der Waals surface area contributed by atoms with Gasteiger partial charge in [-0.3, -0.25) is 9.69 Å². The van der Waals surface area contributed by atoms with Crippen molar-refractivity contribution in [2.24, 2.45) is 10.4 Å². The molecular weight excluding hydrogens is 452 g/mol. The molecule has 0 aromatic heterocycles. The number of nitrogens with zero attached hydrogens (tertiary/aromatic N) is 3. The maximum Gasteiger partial charge on any atom is 0.293 e. The first-order valence-electron chi connectivity index (χ1n) is 12.9. The molecule has 7 heteroatoms. The lowest BCUT2D eigenvalue weighted by Crippen LogP contribution is -2.39. The minimum atomic E-state index is -0.470. The summed E-state index contributed by atoms with van der Waals surface area (Å²) in [6.45, 7) is 20.9. The molecule has 0 radical (unpaired) electrons. The fourth-order valence-electron chi connectivity index (χ4n) is 4.78. The van der Waals surface area contributed by atoms with Crippen LogP contribution in [0.5, 0.6) is 0 Å². The Hall–Kier alpha value is -2.79. The van der Waals surface area contributed by atoms with E-state index in [9.17, 15) is 4.79 Å². The third kappa shape index (κ3) is 6.50. The molecule has 7 nitrogen and oxygen atoms in total. The molecule has 1 amide bonds. The Labute approximate surface area is 215 Å². The normalized spacial score (nSPS) is 20.2. The molecule has 36 heavy (non-hydrogen) atoms. The van der Waals surface area contributed by atoms with E-state index >= 15 is 0 Å². The molecule has 1 N–H and O–H groups in total. The van der Waals surface area contributed by atoms with Gasteiger partial charge in [0.1, 0.15) is 0 Å². The number of morpholine rings is 1. The van der Waals surface area contributed by atoms with Crippen molar-refractivity contribution in [3.63, 3.8) is 0 Å². The summed E-state index contributed by atoms with van der Waals surface area (Å²) in [4.78, 5) is 22.8. The molecule has 2 aliphatic heterocycles. The van der Waals surface area contributed by atoms with Crippen molar-refractivity contribution in [1.29, 1.82) is 0 Å². The van der Waals surface area contributed by atoms with E-state index < -0.39 is 5.60 Å². The number of carbonyl (C=O) groups is 1. The molecule has 1 saturated heterocycles. The summed E-state index contributed by atoms with van der Waals surface area (Å²) in [5.74, 6) is 0.0283. The quantitative estimate of drug-likeness (QED) is 0.495. The second kappa shape index (κ2) is 11.1. The zero-order chi connectivity index (χ0) is 25.8. The van der Waals surface area contributed by atoms with Crippen LogP contribution in [0.1, 0.15) is 64.5 Å². The van der Waals surface area contributed by atoms with Crippen LogP contribution in [0.15, 0.2) is 41.2 Å². The van der Waals surface area contributed by atoms with Crippen LogP contribution in [0.2, 0.25) is 0 Å². The molecule has 0 bridgehead atoms. The Morgan fingerprint density at radius 1 is 1.28 bits per heavy atom. The van der Waals surface area contributed by atoms with E-state index in [1.54, 1.807) is 6.08 Å². The predicted octanol–water partition coefficient (Wildman–Crippen LogP) is 5.41. The van der Waals surface area contributed by atoms with Crippen LogP contribution < -0.4 is 5.32 Å². The summed E-state index contributed by atoms with van der Waals surface area (Å²) in [6, 6.07) is 6.20. The van der Waals surface area contributed by atoms with Gasteiger partial charge in [-0.1, -0.05) is 38.6 Å². The number of carbonyl (C=O) groups excluding carboxylic acids is 1. The molecule has 192 valence electrons. The minimum Gasteiger partial charge on any atom is -0.379 e. The van der Waals surface area contributed by atoms with Crippen LogP contribution in [0.4, 0.5) is 5.69 Å². The van der Waals surface area contributed by atoms with E-state index in [0.29, 0.717) is 18.7 Å². The summed E-state index contributed by atoms with van der Waals surface area (Å²) in [6.07, 6.45) is 7.45. The van der Waals surface area contributed by atoms with Gasteiger partial charge in [0.05, 0.1) is 25.4 Å². The summed E-state index contributed by atoms with van der Waals surface area (Å²) >= 11 is 0. The van der Waals surface area contributed by atoms with Crippen LogP contribution in [0.25, 0.3) is 10.4 Å². The van der Waals surface area contributed by atoms with Gasteiger partial charge in [0, 0.05) is 37.3 Å². The number of amides is 1. The molecular formula is C29H38N4O3. The molecule has 1 aromatic rings. The van der Waals surface area contributed by atoms with Gasteiger partial charge >= 0.3 is 0 Å². The van der Waals surface area contributed by atoms with Crippen molar-refractivity contribution in [1.82, 2.24) is 4.90 Å². The fourth-order valence-corrected chi connectivity index (χ4v) is 4.78. The Balaban J connectivity index is 1.54. The third-order valence-corrected chi connectivity index (χ3v) is 7.36. The summed E-state index contributed by atoms with van der Waals surface area (Å²) in [5, 5.41) is 3.07. The predicted molar refractivity (Wildman–Crippen MR) is 144 cm³/mol. The lowest BCUT2D eigenvalue weighted by Gasteiger charge is -2.32. The molecule has 0 unspecified atom stereocenters. The maximum atomic E-state index is 13.0. The number of aliphatic imine (C=N–C) groups is 1. The lowest BCUT2D eigenvalue weighted by atomic mass is 9.76. The lowest BCUT2D eigenvalue weighted by molar-refractivity contribution is -0.110. The second-order valence-electron chi connectivity index (χ2n) is 11.1. The topological polar surface area (TPSA) is 67.5 Å². The van der Waals surface area contributed by atoms with E-state index in [1.165, 1.54) is 5.57 Å². The van der Waals surface area contributed by atoms with Gasteiger partial charge in [-0.05, 0) is 61.8 Å².